The van der Waals surface area contributed by atoms with Gasteiger partial charge in [0.05, 0.1) is 11.4 Å². The third-order valence-corrected chi connectivity index (χ3v) is 3.80. The van der Waals surface area contributed by atoms with Crippen molar-refractivity contribution in [2.75, 3.05) is 0 Å². The first kappa shape index (κ1) is 16.3. The molecule has 22 heavy (non-hydrogen) atoms. The van der Waals surface area contributed by atoms with E-state index in [1.54, 1.807) is 13.8 Å². The summed E-state index contributed by atoms with van der Waals surface area (Å²) in [6, 6.07) is 0. The van der Waals surface area contributed by atoms with Crippen molar-refractivity contribution >= 4 is 11.9 Å². The van der Waals surface area contributed by atoms with Gasteiger partial charge in [0.1, 0.15) is 23.6 Å². The number of carbonyl (C=O) groups is 2. The fourth-order valence-electron chi connectivity index (χ4n) is 2.69. The van der Waals surface area contributed by atoms with Crippen LogP contribution in [-0.2, 0) is 19.1 Å². The molecule has 2 rings (SSSR count). The topological polar surface area (TPSA) is 99.5 Å². The molecule has 0 fully saturated rings. The SMILES string of the molecule is CC(=O)OC1CCC(OC(C)=O)C2=C1N(O)C(C)=C(C)N2O. The highest BCUT2D eigenvalue weighted by Gasteiger charge is 2.42. The standard InChI is InChI=1S/C14H20N2O6/c1-7-8(2)16(20)14-12(22-10(4)18)6-5-11(21-9(3)17)13(14)15(7)19/h11-12,19-20H,5-6H2,1-4H3. The monoisotopic (exact) mass is 312 g/mol. The van der Waals surface area contributed by atoms with Crippen LogP contribution in [0.5, 0.6) is 0 Å². The number of carbonyl (C=O) groups excluding carboxylic acids is 2. The van der Waals surface area contributed by atoms with Gasteiger partial charge in [-0.1, -0.05) is 0 Å². The van der Waals surface area contributed by atoms with Crippen LogP contribution in [0.25, 0.3) is 0 Å². The summed E-state index contributed by atoms with van der Waals surface area (Å²) in [4.78, 5) is 22.5. The number of allylic oxidation sites excluding steroid dienone is 2. The van der Waals surface area contributed by atoms with Crippen LogP contribution in [-0.4, -0.2) is 44.7 Å². The van der Waals surface area contributed by atoms with Gasteiger partial charge >= 0.3 is 11.9 Å². The Balaban J connectivity index is 2.48. The quantitative estimate of drug-likeness (QED) is 0.740. The van der Waals surface area contributed by atoms with Gasteiger partial charge in [0.25, 0.3) is 0 Å². The van der Waals surface area contributed by atoms with Gasteiger partial charge in [-0.05, 0) is 26.7 Å². The molecule has 1 aliphatic heterocycles. The summed E-state index contributed by atoms with van der Waals surface area (Å²) in [5, 5.41) is 22.4. The van der Waals surface area contributed by atoms with Gasteiger partial charge < -0.3 is 9.47 Å². The van der Waals surface area contributed by atoms with Crippen LogP contribution in [0, 0.1) is 0 Å². The normalized spacial score (nSPS) is 25.2. The van der Waals surface area contributed by atoms with E-state index in [0.29, 0.717) is 24.2 Å². The zero-order valence-corrected chi connectivity index (χ0v) is 13.0. The first-order chi connectivity index (χ1) is 10.2. The van der Waals surface area contributed by atoms with E-state index in [4.69, 9.17) is 9.47 Å². The largest absolute Gasteiger partial charge is 0.456 e. The minimum atomic E-state index is -0.720. The smallest absolute Gasteiger partial charge is 0.303 e. The average Bonchev–Trinajstić information content (AvgIpc) is 2.42. The zero-order valence-electron chi connectivity index (χ0n) is 13.0. The lowest BCUT2D eigenvalue weighted by molar-refractivity contribution is -0.161. The molecule has 122 valence electrons. The number of hydrogen-bond acceptors (Lipinski definition) is 8. The van der Waals surface area contributed by atoms with Gasteiger partial charge in [0.15, 0.2) is 0 Å². The summed E-state index contributed by atoms with van der Waals surface area (Å²) in [7, 11) is 0. The van der Waals surface area contributed by atoms with Gasteiger partial charge in [0.2, 0.25) is 0 Å². The Hall–Kier alpha value is -2.06. The predicted octanol–water partition coefficient (Wildman–Crippen LogP) is 1.50. The molecule has 0 aromatic heterocycles. The Kier molecular flexibility index (Phi) is 4.43. The highest BCUT2D eigenvalue weighted by Crippen LogP contribution is 2.39. The summed E-state index contributed by atoms with van der Waals surface area (Å²) < 4.78 is 10.4. The fraction of sp³-hybridized carbons (Fsp3) is 0.571. The highest BCUT2D eigenvalue weighted by atomic mass is 16.6. The molecule has 0 bridgehead atoms. The molecule has 2 atom stereocenters. The minimum absolute atomic E-state index is 0.207. The maximum atomic E-state index is 11.3. The first-order valence-electron chi connectivity index (χ1n) is 6.98. The van der Waals surface area contributed by atoms with E-state index in [1.165, 1.54) is 13.8 Å². The third-order valence-electron chi connectivity index (χ3n) is 3.80. The van der Waals surface area contributed by atoms with Crippen LogP contribution < -0.4 is 0 Å². The lowest BCUT2D eigenvalue weighted by atomic mass is 9.93. The van der Waals surface area contributed by atoms with E-state index in [0.717, 1.165) is 10.1 Å². The number of nitrogens with zero attached hydrogens (tertiary/aromatic N) is 2. The lowest BCUT2D eigenvalue weighted by Crippen LogP contribution is -2.46. The molecular formula is C14H20N2O6. The summed E-state index contributed by atoms with van der Waals surface area (Å²) in [6.07, 6.45) is -0.703. The first-order valence-corrected chi connectivity index (χ1v) is 6.98. The van der Waals surface area contributed by atoms with E-state index in [9.17, 15) is 20.0 Å². The summed E-state index contributed by atoms with van der Waals surface area (Å²) in [6.45, 7) is 5.77. The van der Waals surface area contributed by atoms with E-state index in [-0.39, 0.29) is 11.4 Å². The molecule has 0 saturated carbocycles. The van der Waals surface area contributed by atoms with Gasteiger partial charge in [-0.3, -0.25) is 20.0 Å². The molecule has 2 N–H and O–H groups in total. The number of esters is 2. The Labute approximate surface area is 128 Å². The van der Waals surface area contributed by atoms with Crippen molar-refractivity contribution < 1.29 is 29.5 Å². The second kappa shape index (κ2) is 5.98. The molecule has 8 nitrogen and oxygen atoms in total. The van der Waals surface area contributed by atoms with Crippen molar-refractivity contribution in [2.45, 2.75) is 52.7 Å². The Morgan fingerprint density at radius 1 is 0.909 bits per heavy atom. The molecule has 0 aromatic rings. The van der Waals surface area contributed by atoms with Crippen molar-refractivity contribution in [3.05, 3.63) is 22.8 Å². The van der Waals surface area contributed by atoms with E-state index in [1.807, 2.05) is 0 Å². The van der Waals surface area contributed by atoms with Crippen molar-refractivity contribution in [1.82, 2.24) is 10.1 Å². The van der Waals surface area contributed by atoms with E-state index >= 15 is 0 Å². The second-order valence-corrected chi connectivity index (χ2v) is 5.34. The summed E-state index contributed by atoms with van der Waals surface area (Å²) in [5.74, 6) is -0.991. The molecule has 2 aliphatic rings. The molecule has 8 heteroatoms. The molecular weight excluding hydrogens is 292 g/mol. The molecule has 2 unspecified atom stereocenters. The third kappa shape index (κ3) is 2.79. The molecule has 0 radical (unpaired) electrons. The van der Waals surface area contributed by atoms with E-state index in [2.05, 4.69) is 0 Å². The number of hydrogen-bond donors (Lipinski definition) is 2. The molecule has 0 spiro atoms. The van der Waals surface area contributed by atoms with Crippen LogP contribution in [0.2, 0.25) is 0 Å². The van der Waals surface area contributed by atoms with Gasteiger partial charge in [0, 0.05) is 13.8 Å². The Morgan fingerprint density at radius 3 is 1.50 bits per heavy atom. The average molecular weight is 312 g/mol. The van der Waals surface area contributed by atoms with Crippen LogP contribution in [0.1, 0.15) is 40.5 Å². The van der Waals surface area contributed by atoms with Gasteiger partial charge in [-0.2, -0.15) is 0 Å². The fourth-order valence-corrected chi connectivity index (χ4v) is 2.69. The predicted molar refractivity (Wildman–Crippen MR) is 73.0 cm³/mol. The van der Waals surface area contributed by atoms with Gasteiger partial charge in [-0.15, -0.1) is 0 Å². The second-order valence-electron chi connectivity index (χ2n) is 5.34. The van der Waals surface area contributed by atoms with Crippen LogP contribution >= 0.6 is 0 Å². The summed E-state index contributed by atoms with van der Waals surface area (Å²) in [5.41, 5.74) is 1.19. The maximum absolute atomic E-state index is 11.3. The number of ether oxygens (including phenoxy) is 2. The van der Waals surface area contributed by atoms with Crippen molar-refractivity contribution in [1.29, 1.82) is 0 Å². The zero-order chi connectivity index (χ0) is 16.6. The van der Waals surface area contributed by atoms with Crippen molar-refractivity contribution in [2.24, 2.45) is 0 Å². The van der Waals surface area contributed by atoms with E-state index < -0.39 is 24.1 Å². The maximum Gasteiger partial charge on any atom is 0.303 e. The molecule has 0 amide bonds. The number of rotatable bonds is 2. The Morgan fingerprint density at radius 2 is 1.23 bits per heavy atom. The molecule has 0 saturated heterocycles. The highest BCUT2D eigenvalue weighted by molar-refractivity contribution is 5.67. The van der Waals surface area contributed by atoms with Crippen molar-refractivity contribution in [3.8, 4) is 0 Å². The number of hydroxylamine groups is 4. The molecule has 1 aliphatic carbocycles. The minimum Gasteiger partial charge on any atom is -0.456 e. The summed E-state index contributed by atoms with van der Waals surface area (Å²) >= 11 is 0. The van der Waals surface area contributed by atoms with Crippen LogP contribution in [0.3, 0.4) is 0 Å². The molecule has 0 aromatic carbocycles. The van der Waals surface area contributed by atoms with Crippen LogP contribution in [0.4, 0.5) is 0 Å². The Bertz CT molecular complexity index is 520. The van der Waals surface area contributed by atoms with Crippen molar-refractivity contribution in [3.63, 3.8) is 0 Å². The van der Waals surface area contributed by atoms with Crippen LogP contribution in [0.15, 0.2) is 22.8 Å². The lowest BCUT2D eigenvalue weighted by Gasteiger charge is -2.42. The molecule has 1 heterocycles. The van der Waals surface area contributed by atoms with Gasteiger partial charge in [-0.25, -0.2) is 10.1 Å².